The van der Waals surface area contributed by atoms with Gasteiger partial charge in [0, 0.05) is 24.5 Å². The van der Waals surface area contributed by atoms with Crippen LogP contribution in [0.3, 0.4) is 0 Å². The minimum atomic E-state index is -0.855. The van der Waals surface area contributed by atoms with Crippen molar-refractivity contribution < 1.29 is 33.4 Å². The molecule has 4 N–H and O–H groups in total. The van der Waals surface area contributed by atoms with Gasteiger partial charge in [0.1, 0.15) is 17.4 Å². The summed E-state index contributed by atoms with van der Waals surface area (Å²) in [5.41, 5.74) is 5.92. The van der Waals surface area contributed by atoms with E-state index in [0.29, 0.717) is 31.7 Å². The summed E-state index contributed by atoms with van der Waals surface area (Å²) in [6.45, 7) is 0.642. The summed E-state index contributed by atoms with van der Waals surface area (Å²) < 4.78 is 27.7. The van der Waals surface area contributed by atoms with Crippen LogP contribution in [0.25, 0.3) is 0 Å². The van der Waals surface area contributed by atoms with E-state index >= 15 is 0 Å². The molecule has 0 spiro atoms. The Morgan fingerprint density at radius 3 is 2.32 bits per heavy atom. The van der Waals surface area contributed by atoms with E-state index < -0.39 is 41.8 Å². The molecule has 0 bridgehead atoms. The van der Waals surface area contributed by atoms with E-state index in [4.69, 9.17) is 17.3 Å². The number of carboxylic acids is 1. The summed E-state index contributed by atoms with van der Waals surface area (Å²) in [4.78, 5) is 43.5. The Morgan fingerprint density at radius 1 is 1.13 bits per heavy atom. The maximum absolute atomic E-state index is 13.9. The molecule has 202 valence electrons. The lowest BCUT2D eigenvalue weighted by Crippen LogP contribution is -2.38. The van der Waals surface area contributed by atoms with Crippen LogP contribution in [0.1, 0.15) is 48.5 Å². The number of benzene rings is 2. The van der Waals surface area contributed by atoms with Gasteiger partial charge in [-0.15, -0.1) is 0 Å². The number of phenols is 1. The standard InChI is InChI=1S/C27H28ClF2N3O5/c1-15(32-20-7-5-17(6-8-20)27(37)38)21(12-31)26(36)33(13-16-9-18(29)11-19(30)10-16)14-24(35)25-22(28)3-2-4-23(25)34/h2-4,9-12,17,20,34H,5-8,13-14,31H2,1H3,(H,37,38). The van der Waals surface area contributed by atoms with Crippen LogP contribution in [0.4, 0.5) is 8.78 Å². The molecule has 3 rings (SSSR count). The second kappa shape index (κ2) is 12.6. The highest BCUT2D eigenvalue weighted by atomic mass is 35.5. The van der Waals surface area contributed by atoms with Gasteiger partial charge in [0.15, 0.2) is 5.78 Å². The molecule has 2 aromatic rings. The van der Waals surface area contributed by atoms with Crippen molar-refractivity contribution in [2.45, 2.75) is 45.2 Å². The number of nitrogens with two attached hydrogens (primary N) is 1. The van der Waals surface area contributed by atoms with Gasteiger partial charge in [-0.3, -0.25) is 19.4 Å². The molecule has 0 aliphatic heterocycles. The number of aliphatic carboxylic acids is 1. The molecule has 1 aliphatic carbocycles. The van der Waals surface area contributed by atoms with Crippen LogP contribution >= 0.6 is 11.6 Å². The van der Waals surface area contributed by atoms with Gasteiger partial charge in [0.05, 0.1) is 34.7 Å². The number of aliphatic imine (C=N–C) groups is 1. The number of hydrogen-bond donors (Lipinski definition) is 3. The summed E-state index contributed by atoms with van der Waals surface area (Å²) in [6, 6.07) is 6.68. The minimum Gasteiger partial charge on any atom is -0.507 e. The first-order chi connectivity index (χ1) is 18.0. The third-order valence-electron chi connectivity index (χ3n) is 6.40. The average molecular weight is 548 g/mol. The molecule has 0 saturated heterocycles. The lowest BCUT2D eigenvalue weighted by atomic mass is 9.86. The van der Waals surface area contributed by atoms with Crippen molar-refractivity contribution >= 4 is 35.0 Å². The number of Topliss-reactive ketones (excluding diaryl/α,β-unsaturated/α-hetero) is 1. The van der Waals surface area contributed by atoms with Crippen LogP contribution < -0.4 is 5.73 Å². The van der Waals surface area contributed by atoms with Gasteiger partial charge in [0.25, 0.3) is 5.91 Å². The van der Waals surface area contributed by atoms with Crippen molar-refractivity contribution in [3.8, 4) is 5.75 Å². The topological polar surface area (TPSA) is 133 Å². The highest BCUT2D eigenvalue weighted by molar-refractivity contribution is 6.34. The zero-order chi connectivity index (χ0) is 28.0. The molecule has 38 heavy (non-hydrogen) atoms. The summed E-state index contributed by atoms with van der Waals surface area (Å²) >= 11 is 6.10. The molecular formula is C27H28ClF2N3O5. The fourth-order valence-corrected chi connectivity index (χ4v) is 4.75. The van der Waals surface area contributed by atoms with Gasteiger partial charge in [-0.2, -0.15) is 0 Å². The molecule has 1 fully saturated rings. The van der Waals surface area contributed by atoms with E-state index in [0.717, 1.165) is 23.2 Å². The van der Waals surface area contributed by atoms with E-state index in [1.807, 2.05) is 0 Å². The smallest absolute Gasteiger partial charge is 0.306 e. The Hall–Kier alpha value is -3.79. The largest absolute Gasteiger partial charge is 0.507 e. The van der Waals surface area contributed by atoms with Gasteiger partial charge >= 0.3 is 5.97 Å². The van der Waals surface area contributed by atoms with Crippen LogP contribution in [-0.4, -0.2) is 51.1 Å². The number of carbonyl (C=O) groups is 3. The Kier molecular flexibility index (Phi) is 9.57. The number of amides is 1. The summed E-state index contributed by atoms with van der Waals surface area (Å²) in [5, 5.41) is 19.3. The van der Waals surface area contributed by atoms with E-state index in [1.165, 1.54) is 18.2 Å². The quantitative estimate of drug-likeness (QED) is 0.241. The minimum absolute atomic E-state index is 0.0245. The van der Waals surface area contributed by atoms with Crippen molar-refractivity contribution in [3.63, 3.8) is 0 Å². The van der Waals surface area contributed by atoms with E-state index in [2.05, 4.69) is 4.99 Å². The van der Waals surface area contributed by atoms with Crippen LogP contribution in [0.5, 0.6) is 5.75 Å². The van der Waals surface area contributed by atoms with Gasteiger partial charge in [-0.05, 0) is 62.4 Å². The average Bonchev–Trinajstić information content (AvgIpc) is 2.83. The molecular weight excluding hydrogens is 520 g/mol. The third-order valence-corrected chi connectivity index (χ3v) is 6.71. The second-order valence-corrected chi connectivity index (χ2v) is 9.54. The summed E-state index contributed by atoms with van der Waals surface area (Å²) in [5.74, 6) is -4.79. The maximum atomic E-state index is 13.9. The number of carbonyl (C=O) groups excluding carboxylic acids is 2. The zero-order valence-electron chi connectivity index (χ0n) is 20.7. The predicted molar refractivity (Wildman–Crippen MR) is 138 cm³/mol. The van der Waals surface area contributed by atoms with Gasteiger partial charge in [0.2, 0.25) is 0 Å². The number of phenolic OH excluding ortho intramolecular Hbond substituents is 1. The molecule has 0 radical (unpaired) electrons. The van der Waals surface area contributed by atoms with Crippen molar-refractivity contribution in [1.29, 1.82) is 0 Å². The monoisotopic (exact) mass is 547 g/mol. The number of rotatable bonds is 9. The van der Waals surface area contributed by atoms with Crippen molar-refractivity contribution in [1.82, 2.24) is 4.90 Å². The maximum Gasteiger partial charge on any atom is 0.306 e. The Labute approximate surface area is 223 Å². The molecule has 1 aliphatic rings. The van der Waals surface area contributed by atoms with Crippen LogP contribution in [0, 0.1) is 17.6 Å². The molecule has 1 amide bonds. The number of halogens is 3. The molecule has 0 aromatic heterocycles. The highest BCUT2D eigenvalue weighted by Gasteiger charge is 2.28. The zero-order valence-corrected chi connectivity index (χ0v) is 21.4. The summed E-state index contributed by atoms with van der Waals surface area (Å²) in [7, 11) is 0. The molecule has 1 saturated carbocycles. The Morgan fingerprint density at radius 2 is 1.76 bits per heavy atom. The van der Waals surface area contributed by atoms with E-state index in [1.54, 1.807) is 6.92 Å². The SMILES string of the molecule is CC(=NC1CCC(C(=O)O)CC1)C(=CN)C(=O)N(CC(=O)c1c(O)cccc1Cl)Cc1cc(F)cc(F)c1. The fourth-order valence-electron chi connectivity index (χ4n) is 4.48. The Balaban J connectivity index is 1.89. The van der Waals surface area contributed by atoms with Gasteiger partial charge in [-0.25, -0.2) is 8.78 Å². The summed E-state index contributed by atoms with van der Waals surface area (Å²) in [6.07, 6.45) is 3.01. The first-order valence-electron chi connectivity index (χ1n) is 11.9. The number of aromatic hydroxyl groups is 1. The number of nitrogens with zero attached hydrogens (tertiary/aromatic N) is 2. The van der Waals surface area contributed by atoms with Crippen LogP contribution in [0.2, 0.25) is 5.02 Å². The molecule has 0 heterocycles. The fraction of sp³-hybridized carbons (Fsp3) is 0.333. The van der Waals surface area contributed by atoms with Crippen LogP contribution in [-0.2, 0) is 16.1 Å². The molecule has 0 atom stereocenters. The first-order valence-corrected chi connectivity index (χ1v) is 12.3. The van der Waals surface area contributed by atoms with E-state index in [9.17, 15) is 33.4 Å². The highest BCUT2D eigenvalue weighted by Crippen LogP contribution is 2.28. The lowest BCUT2D eigenvalue weighted by molar-refractivity contribution is -0.142. The van der Waals surface area contributed by atoms with Crippen molar-refractivity contribution in [2.24, 2.45) is 16.6 Å². The van der Waals surface area contributed by atoms with Crippen molar-refractivity contribution in [3.05, 3.63) is 76.0 Å². The van der Waals surface area contributed by atoms with E-state index in [-0.39, 0.29) is 45.8 Å². The number of hydrogen-bond acceptors (Lipinski definition) is 6. The van der Waals surface area contributed by atoms with Crippen molar-refractivity contribution in [2.75, 3.05) is 6.54 Å². The number of ketones is 1. The van der Waals surface area contributed by atoms with Crippen LogP contribution in [0.15, 0.2) is 53.2 Å². The van der Waals surface area contributed by atoms with Gasteiger partial charge in [-0.1, -0.05) is 17.7 Å². The molecule has 2 aromatic carbocycles. The predicted octanol–water partition coefficient (Wildman–Crippen LogP) is 4.48. The van der Waals surface area contributed by atoms with Gasteiger partial charge < -0.3 is 20.8 Å². The lowest BCUT2D eigenvalue weighted by Gasteiger charge is -2.26. The Bertz CT molecular complexity index is 1250. The second-order valence-electron chi connectivity index (χ2n) is 9.13. The molecule has 11 heteroatoms. The normalized spacial score (nSPS) is 18.2. The molecule has 8 nitrogen and oxygen atoms in total. The first kappa shape index (κ1) is 28.8. The molecule has 0 unspecified atom stereocenters. The number of carboxylic acid groups (broad SMARTS) is 1. The third kappa shape index (κ3) is 7.16.